The SMILES string of the molecule is CC(C)Oc1ccc(N2C(=S)N[C@H](c3ccccn3)[C@@H]2c2ccc(-c3ccc(F)cc3Br)o2)cc1. The molecule has 0 spiro atoms. The highest BCUT2D eigenvalue weighted by Gasteiger charge is 2.42. The quantitative estimate of drug-likeness (QED) is 0.255. The van der Waals surface area contributed by atoms with Crippen molar-refractivity contribution in [3.63, 3.8) is 0 Å². The van der Waals surface area contributed by atoms with Crippen molar-refractivity contribution in [3.8, 4) is 17.1 Å². The van der Waals surface area contributed by atoms with Crippen LogP contribution in [0.3, 0.4) is 0 Å². The molecule has 4 aromatic rings. The number of halogens is 2. The van der Waals surface area contributed by atoms with Crippen molar-refractivity contribution in [1.82, 2.24) is 10.3 Å². The van der Waals surface area contributed by atoms with Crippen LogP contribution < -0.4 is 15.0 Å². The summed E-state index contributed by atoms with van der Waals surface area (Å²) in [6, 6.07) is 21.5. The number of hydrogen-bond acceptors (Lipinski definition) is 4. The minimum absolute atomic E-state index is 0.0870. The number of nitrogens with one attached hydrogen (secondary N) is 1. The molecule has 3 heterocycles. The monoisotopic (exact) mass is 551 g/mol. The van der Waals surface area contributed by atoms with Crippen molar-refractivity contribution in [2.45, 2.75) is 32.0 Å². The number of pyridine rings is 1. The zero-order valence-electron chi connectivity index (χ0n) is 19.1. The second kappa shape index (κ2) is 9.79. The molecule has 0 radical (unpaired) electrons. The molecule has 1 fully saturated rings. The number of ether oxygens (including phenoxy) is 1. The number of nitrogens with zero attached hydrogens (tertiary/aromatic N) is 2. The third kappa shape index (κ3) is 4.81. The van der Waals surface area contributed by atoms with Gasteiger partial charge in [-0.1, -0.05) is 6.07 Å². The maximum absolute atomic E-state index is 13.6. The normalized spacial score (nSPS) is 17.6. The Balaban J connectivity index is 1.56. The summed E-state index contributed by atoms with van der Waals surface area (Å²) < 4.78 is 26.4. The first-order chi connectivity index (χ1) is 16.9. The van der Waals surface area contributed by atoms with Gasteiger partial charge in [0.15, 0.2) is 5.11 Å². The average Bonchev–Trinajstić information content (AvgIpc) is 3.44. The van der Waals surface area contributed by atoms with Crippen LogP contribution >= 0.6 is 28.1 Å². The van der Waals surface area contributed by atoms with Crippen molar-refractivity contribution in [3.05, 3.63) is 101 Å². The van der Waals surface area contributed by atoms with Crippen molar-refractivity contribution in [1.29, 1.82) is 0 Å². The second-order valence-electron chi connectivity index (χ2n) is 8.48. The fraction of sp³-hybridized carbons (Fsp3) is 0.185. The Morgan fingerprint density at radius 2 is 1.89 bits per heavy atom. The van der Waals surface area contributed by atoms with Crippen molar-refractivity contribution in [2.75, 3.05) is 4.90 Å². The van der Waals surface area contributed by atoms with Crippen molar-refractivity contribution < 1.29 is 13.5 Å². The second-order valence-corrected chi connectivity index (χ2v) is 9.72. The summed E-state index contributed by atoms with van der Waals surface area (Å²) in [6.45, 7) is 3.99. The minimum Gasteiger partial charge on any atom is -0.491 e. The van der Waals surface area contributed by atoms with E-state index in [0.717, 1.165) is 22.7 Å². The molecule has 2 atom stereocenters. The molecule has 2 aromatic heterocycles. The maximum atomic E-state index is 13.6. The zero-order valence-corrected chi connectivity index (χ0v) is 21.5. The van der Waals surface area contributed by atoms with E-state index in [4.69, 9.17) is 21.4 Å². The molecule has 178 valence electrons. The van der Waals surface area contributed by atoms with Gasteiger partial charge in [0.1, 0.15) is 29.1 Å². The summed E-state index contributed by atoms with van der Waals surface area (Å²) in [6.07, 6.45) is 1.85. The van der Waals surface area contributed by atoms with Gasteiger partial charge in [-0.05, 0) is 109 Å². The standard InChI is InChI=1S/C27H23BrFN3O2S/c1-16(2)33-19-9-7-18(8-10-19)32-26(25(31-27(32)35)22-5-3-4-14-30-22)24-13-12-23(34-24)20-11-6-17(29)15-21(20)28/h3-16,25-26H,1-2H3,(H,31,35)/t25-,26+/m1/s1. The topological polar surface area (TPSA) is 50.5 Å². The summed E-state index contributed by atoms with van der Waals surface area (Å²) in [5, 5.41) is 4.00. The molecule has 1 aliphatic heterocycles. The van der Waals surface area contributed by atoms with Crippen molar-refractivity contribution in [2.24, 2.45) is 0 Å². The van der Waals surface area contributed by atoms with E-state index in [1.807, 2.05) is 73.3 Å². The number of rotatable bonds is 6. The lowest BCUT2D eigenvalue weighted by Gasteiger charge is -2.26. The predicted octanol–water partition coefficient (Wildman–Crippen LogP) is 7.21. The van der Waals surface area contributed by atoms with Gasteiger partial charge in [-0.15, -0.1) is 0 Å². The van der Waals surface area contributed by atoms with E-state index in [1.54, 1.807) is 12.3 Å². The predicted molar refractivity (Wildman–Crippen MR) is 142 cm³/mol. The molecule has 1 saturated heterocycles. The highest BCUT2D eigenvalue weighted by molar-refractivity contribution is 9.10. The van der Waals surface area contributed by atoms with E-state index in [2.05, 4.69) is 26.2 Å². The van der Waals surface area contributed by atoms with E-state index in [9.17, 15) is 4.39 Å². The number of aromatic nitrogens is 1. The molecular weight excluding hydrogens is 529 g/mol. The lowest BCUT2D eigenvalue weighted by molar-refractivity contribution is 0.242. The molecule has 1 N–H and O–H groups in total. The van der Waals surface area contributed by atoms with Gasteiger partial charge in [-0.2, -0.15) is 0 Å². The first-order valence-corrected chi connectivity index (χ1v) is 12.4. The fourth-order valence-corrected chi connectivity index (χ4v) is 5.12. The van der Waals surface area contributed by atoms with Gasteiger partial charge in [0, 0.05) is 21.9 Å². The van der Waals surface area contributed by atoms with Crippen LogP contribution in [0.1, 0.15) is 37.4 Å². The van der Waals surface area contributed by atoms with E-state index in [0.29, 0.717) is 21.1 Å². The summed E-state index contributed by atoms with van der Waals surface area (Å²) in [5.41, 5.74) is 2.52. The third-order valence-electron chi connectivity index (χ3n) is 5.70. The minimum atomic E-state index is -0.316. The maximum Gasteiger partial charge on any atom is 0.174 e. The van der Waals surface area contributed by atoms with Gasteiger partial charge in [0.05, 0.1) is 17.8 Å². The lowest BCUT2D eigenvalue weighted by atomic mass is 10.0. The van der Waals surface area contributed by atoms with E-state index >= 15 is 0 Å². The van der Waals surface area contributed by atoms with Gasteiger partial charge in [-0.3, -0.25) is 4.98 Å². The van der Waals surface area contributed by atoms with Crippen molar-refractivity contribution >= 4 is 38.9 Å². The highest BCUT2D eigenvalue weighted by atomic mass is 79.9. The molecule has 0 aliphatic carbocycles. The van der Waals surface area contributed by atoms with Crippen LogP contribution in [0.4, 0.5) is 10.1 Å². The Bertz CT molecular complexity index is 1340. The van der Waals surface area contributed by atoms with Crippen LogP contribution in [0, 0.1) is 5.82 Å². The Hall–Kier alpha value is -3.23. The van der Waals surface area contributed by atoms with E-state index in [1.165, 1.54) is 12.1 Å². The number of benzene rings is 2. The van der Waals surface area contributed by atoms with E-state index in [-0.39, 0.29) is 24.0 Å². The molecule has 8 heteroatoms. The fourth-order valence-electron chi connectivity index (χ4n) is 4.23. The van der Waals surface area contributed by atoms with Gasteiger partial charge < -0.3 is 19.4 Å². The van der Waals surface area contributed by atoms with Crippen LogP contribution in [0.2, 0.25) is 0 Å². The van der Waals surface area contributed by atoms with Gasteiger partial charge >= 0.3 is 0 Å². The third-order valence-corrected chi connectivity index (χ3v) is 6.67. The smallest absolute Gasteiger partial charge is 0.174 e. The molecular formula is C27H23BrFN3O2S. The molecule has 0 amide bonds. The number of thiocarbonyl (C=S) groups is 1. The summed E-state index contributed by atoms with van der Waals surface area (Å²) >= 11 is 9.22. The summed E-state index contributed by atoms with van der Waals surface area (Å²) in [7, 11) is 0. The number of hydrogen-bond donors (Lipinski definition) is 1. The van der Waals surface area contributed by atoms with Gasteiger partial charge in [0.2, 0.25) is 0 Å². The first kappa shape index (κ1) is 23.5. The average molecular weight is 552 g/mol. The Morgan fingerprint density at radius 1 is 1.09 bits per heavy atom. The Kier molecular flexibility index (Phi) is 6.58. The van der Waals surface area contributed by atoms with E-state index < -0.39 is 0 Å². The van der Waals surface area contributed by atoms with Gasteiger partial charge in [0.25, 0.3) is 0 Å². The Morgan fingerprint density at radius 3 is 2.57 bits per heavy atom. The van der Waals surface area contributed by atoms with Gasteiger partial charge in [-0.25, -0.2) is 4.39 Å². The molecule has 5 nitrogen and oxygen atoms in total. The first-order valence-electron chi connectivity index (χ1n) is 11.2. The zero-order chi connectivity index (χ0) is 24.5. The molecule has 0 bridgehead atoms. The molecule has 1 aliphatic rings. The summed E-state index contributed by atoms with van der Waals surface area (Å²) in [5.74, 6) is 1.82. The van der Waals surface area contributed by atoms with Crippen LogP contribution in [-0.4, -0.2) is 16.2 Å². The van der Waals surface area contributed by atoms with Crippen LogP contribution in [0.5, 0.6) is 5.75 Å². The summed E-state index contributed by atoms with van der Waals surface area (Å²) in [4.78, 5) is 6.61. The molecule has 0 unspecified atom stereocenters. The molecule has 0 saturated carbocycles. The molecule has 35 heavy (non-hydrogen) atoms. The highest BCUT2D eigenvalue weighted by Crippen LogP contribution is 2.43. The molecule has 2 aromatic carbocycles. The van der Waals surface area contributed by atoms with Crippen LogP contribution in [0.25, 0.3) is 11.3 Å². The van der Waals surface area contributed by atoms with Crippen LogP contribution in [-0.2, 0) is 0 Å². The molecule has 5 rings (SSSR count). The lowest BCUT2D eigenvalue weighted by Crippen LogP contribution is -2.29. The largest absolute Gasteiger partial charge is 0.491 e. The number of anilines is 1. The van der Waals surface area contributed by atoms with Crippen LogP contribution in [0.15, 0.2) is 87.9 Å². The number of furan rings is 1. The Labute approximate surface area is 217 Å².